The van der Waals surface area contributed by atoms with Crippen LogP contribution in [-0.4, -0.2) is 59.7 Å². The number of hydrogen-bond donors (Lipinski definition) is 2. The number of nitrogens with zero attached hydrogens (tertiary/aromatic N) is 2. The number of piperidine rings is 1. The molecule has 2 N–H and O–H groups in total. The maximum Gasteiger partial charge on any atom is 0.255 e. The van der Waals surface area contributed by atoms with Gasteiger partial charge in [0.1, 0.15) is 6.04 Å². The molecule has 7 nitrogen and oxygen atoms in total. The van der Waals surface area contributed by atoms with E-state index >= 15 is 0 Å². The zero-order chi connectivity index (χ0) is 20.1. The number of hydrogen-bond acceptors (Lipinski definition) is 5. The van der Waals surface area contributed by atoms with Gasteiger partial charge in [0.2, 0.25) is 11.8 Å². The Morgan fingerprint density at radius 1 is 1.25 bits per heavy atom. The lowest BCUT2D eigenvalue weighted by Gasteiger charge is -2.34. The van der Waals surface area contributed by atoms with Crippen molar-refractivity contribution in [2.24, 2.45) is 5.41 Å². The minimum atomic E-state index is -0.568. The maximum absolute atomic E-state index is 13.2. The third kappa shape index (κ3) is 3.22. The molecular weight excluding hydrogens is 356 g/mol. The zero-order valence-corrected chi connectivity index (χ0v) is 16.7. The average Bonchev–Trinajstić information content (AvgIpc) is 3.15. The van der Waals surface area contributed by atoms with E-state index in [0.717, 1.165) is 29.8 Å². The first-order valence-corrected chi connectivity index (χ1v) is 9.94. The summed E-state index contributed by atoms with van der Waals surface area (Å²) >= 11 is 0. The van der Waals surface area contributed by atoms with Crippen molar-refractivity contribution in [2.75, 3.05) is 20.1 Å². The van der Waals surface area contributed by atoms with Gasteiger partial charge in [0.25, 0.3) is 5.91 Å². The van der Waals surface area contributed by atoms with Crippen molar-refractivity contribution in [3.05, 3.63) is 34.9 Å². The molecule has 2 atom stereocenters. The molecule has 1 aromatic rings. The smallest absolute Gasteiger partial charge is 0.255 e. The number of amides is 3. The molecule has 1 aromatic carbocycles. The largest absolute Gasteiger partial charge is 0.322 e. The Kier molecular flexibility index (Phi) is 4.75. The summed E-state index contributed by atoms with van der Waals surface area (Å²) in [6.07, 6.45) is 0.664. The lowest BCUT2D eigenvalue weighted by atomic mass is 9.86. The van der Waals surface area contributed by atoms with Gasteiger partial charge in [-0.15, -0.1) is 0 Å². The van der Waals surface area contributed by atoms with Gasteiger partial charge >= 0.3 is 0 Å². The van der Waals surface area contributed by atoms with E-state index in [9.17, 15) is 14.4 Å². The van der Waals surface area contributed by atoms with Gasteiger partial charge in [-0.25, -0.2) is 0 Å². The van der Waals surface area contributed by atoms with E-state index in [2.05, 4.69) is 36.4 Å². The number of rotatable bonds is 4. The molecule has 2 unspecified atom stereocenters. The lowest BCUT2D eigenvalue weighted by molar-refractivity contribution is -0.136. The lowest BCUT2D eigenvalue weighted by Crippen LogP contribution is -2.52. The Hall–Kier alpha value is -2.25. The van der Waals surface area contributed by atoms with Gasteiger partial charge in [-0.2, -0.15) is 0 Å². The number of imide groups is 1. The van der Waals surface area contributed by atoms with E-state index in [1.165, 1.54) is 0 Å². The van der Waals surface area contributed by atoms with Crippen molar-refractivity contribution in [3.8, 4) is 0 Å². The van der Waals surface area contributed by atoms with Gasteiger partial charge in [-0.3, -0.25) is 24.6 Å². The highest BCUT2D eigenvalue weighted by Crippen LogP contribution is 2.32. The third-order valence-corrected chi connectivity index (χ3v) is 6.41. The van der Waals surface area contributed by atoms with Gasteiger partial charge in [0.05, 0.1) is 0 Å². The fourth-order valence-corrected chi connectivity index (χ4v) is 4.88. The first-order chi connectivity index (χ1) is 13.3. The van der Waals surface area contributed by atoms with Crippen LogP contribution >= 0.6 is 0 Å². The van der Waals surface area contributed by atoms with E-state index in [0.29, 0.717) is 25.6 Å². The highest BCUT2D eigenvalue weighted by atomic mass is 16.2. The molecule has 2 saturated heterocycles. The fourth-order valence-electron chi connectivity index (χ4n) is 4.88. The summed E-state index contributed by atoms with van der Waals surface area (Å²) in [6, 6.07) is 5.79. The fraction of sp³-hybridized carbons (Fsp3) is 0.571. The molecule has 150 valence electrons. The van der Waals surface area contributed by atoms with E-state index in [1.54, 1.807) is 4.90 Å². The van der Waals surface area contributed by atoms with Crippen LogP contribution in [0.2, 0.25) is 0 Å². The van der Waals surface area contributed by atoms with Crippen LogP contribution in [-0.2, 0) is 22.7 Å². The number of likely N-dealkylation sites (N-methyl/N-ethyl adjacent to an activating group) is 1. The zero-order valence-electron chi connectivity index (χ0n) is 16.7. The second-order valence-corrected chi connectivity index (χ2v) is 8.90. The number of fused-ring (bicyclic) bond motifs is 1. The normalized spacial score (nSPS) is 26.7. The van der Waals surface area contributed by atoms with E-state index in [1.807, 2.05) is 18.2 Å². The van der Waals surface area contributed by atoms with Gasteiger partial charge in [-0.1, -0.05) is 32.0 Å². The Labute approximate surface area is 165 Å². The molecule has 3 aliphatic heterocycles. The van der Waals surface area contributed by atoms with E-state index < -0.39 is 6.04 Å². The molecule has 28 heavy (non-hydrogen) atoms. The molecule has 3 amide bonds. The Morgan fingerprint density at radius 3 is 2.71 bits per heavy atom. The van der Waals surface area contributed by atoms with Crippen LogP contribution in [0.4, 0.5) is 0 Å². The van der Waals surface area contributed by atoms with Crippen molar-refractivity contribution in [1.29, 1.82) is 0 Å². The summed E-state index contributed by atoms with van der Waals surface area (Å²) in [6.45, 7) is 7.56. The second-order valence-electron chi connectivity index (χ2n) is 8.90. The van der Waals surface area contributed by atoms with Crippen LogP contribution in [0.1, 0.15) is 48.2 Å². The summed E-state index contributed by atoms with van der Waals surface area (Å²) in [4.78, 5) is 40.8. The summed E-state index contributed by atoms with van der Waals surface area (Å²) < 4.78 is 0. The second kappa shape index (κ2) is 6.97. The van der Waals surface area contributed by atoms with Gasteiger partial charge < -0.3 is 10.2 Å². The van der Waals surface area contributed by atoms with Gasteiger partial charge in [0.15, 0.2) is 0 Å². The number of carbonyl (C=O) groups excluding carboxylic acids is 3. The summed E-state index contributed by atoms with van der Waals surface area (Å²) in [5, 5.41) is 5.82. The SMILES string of the molecule is CN(Cc1cccc2c1C(=O)N(C1CCC(=O)NC1=O)C2)C1CNCC1(C)C. The number of carbonyl (C=O) groups is 3. The Morgan fingerprint density at radius 2 is 2.04 bits per heavy atom. The van der Waals surface area contributed by atoms with Crippen molar-refractivity contribution in [2.45, 2.75) is 51.9 Å². The highest BCUT2D eigenvalue weighted by molar-refractivity contribution is 6.05. The highest BCUT2D eigenvalue weighted by Gasteiger charge is 2.41. The number of nitrogens with one attached hydrogen (secondary N) is 2. The quantitative estimate of drug-likeness (QED) is 0.753. The van der Waals surface area contributed by atoms with Gasteiger partial charge in [-0.05, 0) is 30.0 Å². The van der Waals surface area contributed by atoms with Crippen molar-refractivity contribution < 1.29 is 14.4 Å². The predicted octanol–water partition coefficient (Wildman–Crippen LogP) is 0.877. The molecule has 7 heteroatoms. The standard InChI is InChI=1S/C21H28N4O3/c1-21(2)12-22-9-16(21)24(3)10-13-5-4-6-14-11-25(20(28)18(13)14)15-7-8-17(26)23-19(15)27/h4-6,15-16,22H,7-12H2,1-3H3,(H,23,26,27). The molecule has 0 aromatic heterocycles. The molecule has 3 aliphatic rings. The molecule has 2 fully saturated rings. The predicted molar refractivity (Wildman–Crippen MR) is 104 cm³/mol. The van der Waals surface area contributed by atoms with Crippen molar-refractivity contribution in [3.63, 3.8) is 0 Å². The molecule has 0 radical (unpaired) electrons. The minimum absolute atomic E-state index is 0.0997. The Balaban J connectivity index is 1.55. The van der Waals surface area contributed by atoms with E-state index in [-0.39, 0.29) is 29.6 Å². The van der Waals surface area contributed by atoms with Crippen molar-refractivity contribution >= 4 is 17.7 Å². The third-order valence-electron chi connectivity index (χ3n) is 6.41. The van der Waals surface area contributed by atoms with Crippen LogP contribution in [0.5, 0.6) is 0 Å². The molecule has 0 bridgehead atoms. The van der Waals surface area contributed by atoms with Crippen LogP contribution in [0.3, 0.4) is 0 Å². The Bertz CT molecular complexity index is 835. The topological polar surface area (TPSA) is 81.8 Å². The molecule has 3 heterocycles. The maximum atomic E-state index is 13.2. The van der Waals surface area contributed by atoms with Crippen LogP contribution in [0.15, 0.2) is 18.2 Å². The molecular formula is C21H28N4O3. The van der Waals surface area contributed by atoms with Crippen LogP contribution in [0, 0.1) is 5.41 Å². The van der Waals surface area contributed by atoms with Crippen LogP contribution < -0.4 is 10.6 Å². The number of benzene rings is 1. The molecule has 0 saturated carbocycles. The minimum Gasteiger partial charge on any atom is -0.322 e. The monoisotopic (exact) mass is 384 g/mol. The van der Waals surface area contributed by atoms with E-state index in [4.69, 9.17) is 0 Å². The molecule has 0 aliphatic carbocycles. The van der Waals surface area contributed by atoms with Gasteiger partial charge in [0, 0.05) is 44.2 Å². The first-order valence-electron chi connectivity index (χ1n) is 9.94. The molecule has 0 spiro atoms. The summed E-state index contributed by atoms with van der Waals surface area (Å²) in [5.74, 6) is -0.729. The summed E-state index contributed by atoms with van der Waals surface area (Å²) in [7, 11) is 2.11. The average molecular weight is 384 g/mol. The first kappa shape index (κ1) is 19.1. The summed E-state index contributed by atoms with van der Waals surface area (Å²) in [5.41, 5.74) is 2.87. The van der Waals surface area contributed by atoms with Crippen molar-refractivity contribution in [1.82, 2.24) is 20.4 Å². The van der Waals surface area contributed by atoms with Crippen LogP contribution in [0.25, 0.3) is 0 Å². The molecule has 4 rings (SSSR count).